The Balaban J connectivity index is 2.33. The highest BCUT2D eigenvalue weighted by molar-refractivity contribution is 6.55. The van der Waals surface area contributed by atoms with E-state index in [-0.39, 0.29) is 11.7 Å². The van der Waals surface area contributed by atoms with Crippen molar-refractivity contribution in [1.29, 1.82) is 0 Å². The van der Waals surface area contributed by atoms with Crippen LogP contribution in [0.4, 0.5) is 4.39 Å². The molecule has 114 valence electrons. The molecule has 2 rings (SSSR count). The first kappa shape index (κ1) is 16.4. The average Bonchev–Trinajstić information content (AvgIpc) is 2.59. The molecule has 1 fully saturated rings. The van der Waals surface area contributed by atoms with Crippen LogP contribution in [0, 0.1) is 5.82 Å². The molecule has 21 heavy (non-hydrogen) atoms. The normalized spacial score (nSPS) is 20.9. The Kier molecular flexibility index (Phi) is 4.45. The van der Waals surface area contributed by atoms with E-state index in [1.165, 1.54) is 6.07 Å². The van der Waals surface area contributed by atoms with Gasteiger partial charge in [0.15, 0.2) is 0 Å². The summed E-state index contributed by atoms with van der Waals surface area (Å²) in [7, 11) is -0.605. The van der Waals surface area contributed by atoms with Gasteiger partial charge in [-0.05, 0) is 39.2 Å². The number of aromatic nitrogens is 1. The molecule has 0 unspecified atom stereocenters. The lowest BCUT2D eigenvalue weighted by atomic mass is 9.77. The minimum absolute atomic E-state index is 0.191. The summed E-state index contributed by atoms with van der Waals surface area (Å²) in [5, 5.41) is 0.216. The van der Waals surface area contributed by atoms with Gasteiger partial charge in [-0.1, -0.05) is 17.7 Å². The molecule has 2 N–H and O–H groups in total. The van der Waals surface area contributed by atoms with Crippen LogP contribution in [-0.4, -0.2) is 29.8 Å². The fraction of sp³-hybridized carbons (Fsp3) is 0.500. The predicted molar refractivity (Wildman–Crippen MR) is 82.3 cm³/mol. The van der Waals surface area contributed by atoms with Gasteiger partial charge in [0.05, 0.1) is 17.4 Å². The number of halogens is 2. The van der Waals surface area contributed by atoms with E-state index in [1.54, 1.807) is 6.08 Å². The molecule has 7 heteroatoms. The fourth-order valence-corrected chi connectivity index (χ4v) is 2.12. The summed E-state index contributed by atoms with van der Waals surface area (Å²) < 4.78 is 25.6. The molecule has 2 heterocycles. The van der Waals surface area contributed by atoms with Crippen molar-refractivity contribution in [2.24, 2.45) is 5.73 Å². The number of hydrogen-bond donors (Lipinski definition) is 1. The molecule has 0 aromatic carbocycles. The second kappa shape index (κ2) is 5.68. The van der Waals surface area contributed by atoms with Crippen LogP contribution in [0.3, 0.4) is 0 Å². The Morgan fingerprint density at radius 3 is 2.48 bits per heavy atom. The highest BCUT2D eigenvalue weighted by atomic mass is 35.5. The second-order valence-electron chi connectivity index (χ2n) is 6.04. The Bertz CT molecular complexity index is 562. The number of pyridine rings is 1. The van der Waals surface area contributed by atoms with Crippen molar-refractivity contribution < 1.29 is 13.7 Å². The van der Waals surface area contributed by atoms with Gasteiger partial charge in [-0.3, -0.25) is 0 Å². The van der Waals surface area contributed by atoms with Gasteiger partial charge in [0.2, 0.25) is 0 Å². The van der Waals surface area contributed by atoms with Crippen LogP contribution in [0.5, 0.6) is 0 Å². The molecule has 4 nitrogen and oxygen atoms in total. The Hall–Kier alpha value is -0.945. The summed E-state index contributed by atoms with van der Waals surface area (Å²) in [4.78, 5) is 3.68. The van der Waals surface area contributed by atoms with Crippen LogP contribution in [-0.2, 0) is 9.31 Å². The van der Waals surface area contributed by atoms with Gasteiger partial charge >= 0.3 is 7.12 Å². The monoisotopic (exact) mass is 312 g/mol. The molecule has 0 atom stereocenters. The Morgan fingerprint density at radius 1 is 1.38 bits per heavy atom. The van der Waals surface area contributed by atoms with Gasteiger partial charge in [0, 0.05) is 12.1 Å². The average molecular weight is 313 g/mol. The van der Waals surface area contributed by atoms with Crippen molar-refractivity contribution >= 4 is 24.8 Å². The van der Waals surface area contributed by atoms with Crippen molar-refractivity contribution in [2.75, 3.05) is 6.54 Å². The molecule has 0 radical (unpaired) electrons. The molecule has 0 spiro atoms. The highest BCUT2D eigenvalue weighted by Gasteiger charge is 2.52. The van der Waals surface area contributed by atoms with E-state index in [4.69, 9.17) is 26.6 Å². The fourth-order valence-electron chi connectivity index (χ4n) is 1.96. The highest BCUT2D eigenvalue weighted by Crippen LogP contribution is 2.38. The number of hydrogen-bond acceptors (Lipinski definition) is 4. The maximum atomic E-state index is 13.8. The predicted octanol–water partition coefficient (Wildman–Crippen LogP) is 2.85. The first-order valence-corrected chi connectivity index (χ1v) is 7.11. The summed E-state index contributed by atoms with van der Waals surface area (Å²) in [6, 6.07) is 1.44. The zero-order valence-corrected chi connectivity index (χ0v) is 13.4. The SMILES string of the molecule is CC1(C)OB(C(=Cc2cc(Cl)ncc2F)CN)OC1(C)C. The molecule has 1 aliphatic heterocycles. The van der Waals surface area contributed by atoms with Crippen molar-refractivity contribution in [3.63, 3.8) is 0 Å². The maximum Gasteiger partial charge on any atom is 0.491 e. The van der Waals surface area contributed by atoms with Gasteiger partial charge in [0.1, 0.15) is 11.0 Å². The number of nitrogens with two attached hydrogens (primary N) is 1. The molecular formula is C14H19BClFN2O2. The van der Waals surface area contributed by atoms with Crippen LogP contribution < -0.4 is 5.73 Å². The minimum Gasteiger partial charge on any atom is -0.400 e. The first-order valence-electron chi connectivity index (χ1n) is 6.73. The van der Waals surface area contributed by atoms with Gasteiger partial charge < -0.3 is 15.0 Å². The second-order valence-corrected chi connectivity index (χ2v) is 6.43. The summed E-state index contributed by atoms with van der Waals surface area (Å²) in [5.41, 5.74) is 5.78. The maximum absolute atomic E-state index is 13.8. The standard InChI is InChI=1S/C14H19BClFN2O2/c1-13(2)14(3,4)21-15(20-13)10(7-18)5-9-6-12(16)19-8-11(9)17/h5-6,8H,7,18H2,1-4H3. The minimum atomic E-state index is -0.605. The van der Waals surface area contributed by atoms with E-state index in [9.17, 15) is 4.39 Å². The summed E-state index contributed by atoms with van der Waals surface area (Å²) in [6.45, 7) is 7.99. The molecule has 1 aliphatic rings. The summed E-state index contributed by atoms with van der Waals surface area (Å²) >= 11 is 5.79. The molecule has 1 saturated heterocycles. The zero-order valence-electron chi connectivity index (χ0n) is 12.6. The third-order valence-corrected chi connectivity index (χ3v) is 4.19. The molecule has 0 saturated carbocycles. The first-order chi connectivity index (χ1) is 9.66. The van der Waals surface area contributed by atoms with Crippen molar-refractivity contribution in [3.8, 4) is 0 Å². The van der Waals surface area contributed by atoms with Crippen molar-refractivity contribution in [2.45, 2.75) is 38.9 Å². The number of nitrogens with zero attached hydrogens (tertiary/aromatic N) is 1. The molecule has 0 amide bonds. The van der Waals surface area contributed by atoms with E-state index in [0.29, 0.717) is 11.0 Å². The Morgan fingerprint density at radius 2 is 1.95 bits per heavy atom. The molecule has 1 aromatic heterocycles. The molecule has 0 bridgehead atoms. The van der Waals surface area contributed by atoms with Gasteiger partial charge in [-0.15, -0.1) is 0 Å². The summed E-state index contributed by atoms with van der Waals surface area (Å²) in [6.07, 6.45) is 2.68. The molecular weight excluding hydrogens is 293 g/mol. The molecule has 0 aliphatic carbocycles. The van der Waals surface area contributed by atoms with Gasteiger partial charge in [-0.25, -0.2) is 9.37 Å². The topological polar surface area (TPSA) is 57.4 Å². The van der Waals surface area contributed by atoms with E-state index in [0.717, 1.165) is 6.20 Å². The van der Waals surface area contributed by atoms with Crippen molar-refractivity contribution in [3.05, 3.63) is 34.3 Å². The summed E-state index contributed by atoms with van der Waals surface area (Å²) in [5.74, 6) is -0.470. The number of rotatable bonds is 3. The van der Waals surface area contributed by atoms with E-state index >= 15 is 0 Å². The van der Waals surface area contributed by atoms with E-state index < -0.39 is 24.1 Å². The smallest absolute Gasteiger partial charge is 0.400 e. The van der Waals surface area contributed by atoms with Crippen LogP contribution in [0.15, 0.2) is 17.7 Å². The quantitative estimate of drug-likeness (QED) is 0.689. The Labute approximate surface area is 129 Å². The van der Waals surface area contributed by atoms with Crippen molar-refractivity contribution in [1.82, 2.24) is 4.98 Å². The lowest BCUT2D eigenvalue weighted by Crippen LogP contribution is -2.41. The third kappa shape index (κ3) is 3.29. The van der Waals surface area contributed by atoms with Gasteiger partial charge in [0.25, 0.3) is 0 Å². The van der Waals surface area contributed by atoms with E-state index in [1.807, 2.05) is 27.7 Å². The molecule has 1 aromatic rings. The zero-order chi connectivity index (χ0) is 15.8. The van der Waals surface area contributed by atoms with Crippen LogP contribution in [0.25, 0.3) is 6.08 Å². The lowest BCUT2D eigenvalue weighted by molar-refractivity contribution is 0.00578. The largest absolute Gasteiger partial charge is 0.491 e. The van der Waals surface area contributed by atoms with Crippen LogP contribution in [0.1, 0.15) is 33.3 Å². The third-order valence-electron chi connectivity index (χ3n) is 3.98. The van der Waals surface area contributed by atoms with Crippen LogP contribution in [0.2, 0.25) is 5.15 Å². The van der Waals surface area contributed by atoms with E-state index in [2.05, 4.69) is 4.98 Å². The van der Waals surface area contributed by atoms with Crippen LogP contribution >= 0.6 is 11.6 Å². The van der Waals surface area contributed by atoms with Gasteiger partial charge in [-0.2, -0.15) is 0 Å². The lowest BCUT2D eigenvalue weighted by Gasteiger charge is -2.32.